The molecule has 1 nitrogen and oxygen atoms in total. The summed E-state index contributed by atoms with van der Waals surface area (Å²) in [6.45, 7) is 0. The number of hydrogen-bond donors (Lipinski definition) is 0. The smallest absolute Gasteiger partial charge is 0.0495 e. The second kappa shape index (κ2) is 6.02. The van der Waals surface area contributed by atoms with E-state index >= 15 is 0 Å². The summed E-state index contributed by atoms with van der Waals surface area (Å²) in [6.07, 6.45) is 0. The molecule has 20 heavy (non-hydrogen) atoms. The molecular weight excluding hydrogens is 264 g/mol. The van der Waals surface area contributed by atoms with Crippen molar-refractivity contribution < 1.29 is 4.21 Å². The van der Waals surface area contributed by atoms with Crippen LogP contribution < -0.4 is 0 Å². The topological polar surface area (TPSA) is 17.1 Å². The van der Waals surface area contributed by atoms with Gasteiger partial charge >= 0.3 is 0 Å². The molecule has 3 aromatic carbocycles. The summed E-state index contributed by atoms with van der Waals surface area (Å²) in [5.74, 6) is 1.22. The lowest BCUT2D eigenvalue weighted by Gasteiger charge is -2.07. The second-order valence-electron chi connectivity index (χ2n) is 4.85. The van der Waals surface area contributed by atoms with Gasteiger partial charge in [0.25, 0.3) is 0 Å². The van der Waals surface area contributed by atoms with E-state index in [2.05, 4.69) is 24.3 Å². The molecule has 0 spiro atoms. The third-order valence-electron chi connectivity index (χ3n) is 3.37. The Balaban J connectivity index is 1.81. The van der Waals surface area contributed by atoms with Crippen LogP contribution in [0.4, 0.5) is 0 Å². The lowest BCUT2D eigenvalue weighted by atomic mass is 10.1. The Kier molecular flexibility index (Phi) is 3.93. The molecule has 0 bridgehead atoms. The number of hydrogen-bond acceptors (Lipinski definition) is 1. The Morgan fingerprint density at radius 2 is 1.40 bits per heavy atom. The van der Waals surface area contributed by atoms with Crippen LogP contribution in [-0.2, 0) is 22.3 Å². The van der Waals surface area contributed by atoms with Gasteiger partial charge in [0.1, 0.15) is 0 Å². The van der Waals surface area contributed by atoms with Crippen molar-refractivity contribution in [3.05, 3.63) is 83.9 Å². The van der Waals surface area contributed by atoms with Crippen molar-refractivity contribution in [2.75, 3.05) is 0 Å². The molecule has 0 saturated heterocycles. The molecule has 0 aromatic heterocycles. The van der Waals surface area contributed by atoms with Gasteiger partial charge in [-0.3, -0.25) is 4.21 Å². The monoisotopic (exact) mass is 280 g/mol. The molecule has 0 aliphatic carbocycles. The Hall–Kier alpha value is -1.93. The number of fused-ring (bicyclic) bond motifs is 1. The van der Waals surface area contributed by atoms with E-state index < -0.39 is 10.8 Å². The SMILES string of the molecule is O=[S@](Cc1ccccc1)Cc1cccc2ccccc12. The zero-order valence-corrected chi connectivity index (χ0v) is 12.0. The minimum Gasteiger partial charge on any atom is -0.259 e. The van der Waals surface area contributed by atoms with E-state index in [1.807, 2.05) is 48.5 Å². The van der Waals surface area contributed by atoms with Gasteiger partial charge in [0.2, 0.25) is 0 Å². The summed E-state index contributed by atoms with van der Waals surface area (Å²) in [5, 5.41) is 2.41. The van der Waals surface area contributed by atoms with E-state index in [-0.39, 0.29) is 0 Å². The maximum absolute atomic E-state index is 12.3. The fraction of sp³-hybridized carbons (Fsp3) is 0.111. The van der Waals surface area contributed by atoms with Crippen LogP contribution in [0.15, 0.2) is 72.8 Å². The van der Waals surface area contributed by atoms with E-state index in [1.165, 1.54) is 10.8 Å². The molecule has 2 heteroatoms. The van der Waals surface area contributed by atoms with Gasteiger partial charge in [-0.2, -0.15) is 0 Å². The molecule has 0 saturated carbocycles. The zero-order chi connectivity index (χ0) is 13.8. The molecule has 0 heterocycles. The molecule has 0 aliphatic rings. The zero-order valence-electron chi connectivity index (χ0n) is 11.2. The third-order valence-corrected chi connectivity index (χ3v) is 4.66. The fourth-order valence-corrected chi connectivity index (χ4v) is 3.67. The van der Waals surface area contributed by atoms with E-state index in [1.54, 1.807) is 0 Å². The maximum Gasteiger partial charge on any atom is 0.0495 e. The first-order chi connectivity index (χ1) is 9.83. The van der Waals surface area contributed by atoms with Crippen molar-refractivity contribution in [1.82, 2.24) is 0 Å². The largest absolute Gasteiger partial charge is 0.259 e. The van der Waals surface area contributed by atoms with Gasteiger partial charge in [0, 0.05) is 22.3 Å². The van der Waals surface area contributed by atoms with Gasteiger partial charge < -0.3 is 0 Å². The van der Waals surface area contributed by atoms with Gasteiger partial charge in [-0.05, 0) is 21.9 Å². The van der Waals surface area contributed by atoms with Crippen molar-refractivity contribution in [2.24, 2.45) is 0 Å². The minimum absolute atomic E-state index is 0.607. The fourth-order valence-electron chi connectivity index (χ4n) is 2.40. The second-order valence-corrected chi connectivity index (χ2v) is 6.31. The van der Waals surface area contributed by atoms with Crippen LogP contribution in [-0.4, -0.2) is 4.21 Å². The van der Waals surface area contributed by atoms with E-state index in [0.717, 1.165) is 11.1 Å². The highest BCUT2D eigenvalue weighted by molar-refractivity contribution is 7.83. The van der Waals surface area contributed by atoms with E-state index in [0.29, 0.717) is 11.5 Å². The van der Waals surface area contributed by atoms with Gasteiger partial charge in [-0.25, -0.2) is 0 Å². The van der Waals surface area contributed by atoms with Crippen LogP contribution in [0.1, 0.15) is 11.1 Å². The summed E-state index contributed by atoms with van der Waals surface area (Å²) >= 11 is 0. The highest BCUT2D eigenvalue weighted by Gasteiger charge is 2.06. The molecule has 0 radical (unpaired) electrons. The Labute approximate surface area is 121 Å². The number of benzene rings is 3. The first-order valence-electron chi connectivity index (χ1n) is 6.68. The molecule has 0 amide bonds. The standard InChI is InChI=1S/C18H16OS/c19-20(13-15-7-2-1-3-8-15)14-17-11-6-10-16-9-4-5-12-18(16)17/h1-12H,13-14H2/t20-/m1/s1. The molecule has 0 N–H and O–H groups in total. The summed E-state index contributed by atoms with van der Waals surface area (Å²) in [6, 6.07) is 24.5. The first-order valence-corrected chi connectivity index (χ1v) is 8.17. The molecule has 100 valence electrons. The maximum atomic E-state index is 12.3. The highest BCUT2D eigenvalue weighted by atomic mass is 32.2. The van der Waals surface area contributed by atoms with Crippen LogP contribution >= 0.6 is 0 Å². The van der Waals surface area contributed by atoms with E-state index in [4.69, 9.17) is 0 Å². The molecule has 0 aliphatic heterocycles. The van der Waals surface area contributed by atoms with Crippen LogP contribution in [0, 0.1) is 0 Å². The van der Waals surface area contributed by atoms with Crippen LogP contribution in [0.2, 0.25) is 0 Å². The third kappa shape index (κ3) is 2.97. The summed E-state index contributed by atoms with van der Waals surface area (Å²) in [5.41, 5.74) is 2.29. The Morgan fingerprint density at radius 3 is 2.25 bits per heavy atom. The molecule has 0 unspecified atom stereocenters. The summed E-state index contributed by atoms with van der Waals surface area (Å²) in [7, 11) is -0.878. The van der Waals surface area contributed by atoms with Crippen molar-refractivity contribution in [3.8, 4) is 0 Å². The minimum atomic E-state index is -0.878. The first kappa shape index (κ1) is 13.1. The van der Waals surface area contributed by atoms with Gasteiger partial charge in [-0.1, -0.05) is 72.8 Å². The Morgan fingerprint density at radius 1 is 0.700 bits per heavy atom. The molecule has 3 rings (SSSR count). The van der Waals surface area contributed by atoms with Crippen molar-refractivity contribution >= 4 is 21.6 Å². The predicted molar refractivity (Wildman–Crippen MR) is 85.9 cm³/mol. The average molecular weight is 280 g/mol. The van der Waals surface area contributed by atoms with Crippen molar-refractivity contribution in [2.45, 2.75) is 11.5 Å². The van der Waals surface area contributed by atoms with Gasteiger partial charge in [0.05, 0.1) is 0 Å². The van der Waals surface area contributed by atoms with E-state index in [9.17, 15) is 4.21 Å². The van der Waals surface area contributed by atoms with Crippen LogP contribution in [0.5, 0.6) is 0 Å². The molecule has 3 aromatic rings. The predicted octanol–water partition coefficient (Wildman–Crippen LogP) is 4.29. The van der Waals surface area contributed by atoms with Crippen LogP contribution in [0.25, 0.3) is 10.8 Å². The lowest BCUT2D eigenvalue weighted by molar-refractivity contribution is 0.682. The highest BCUT2D eigenvalue weighted by Crippen LogP contribution is 2.20. The normalized spacial score (nSPS) is 12.4. The summed E-state index contributed by atoms with van der Waals surface area (Å²) < 4.78 is 12.3. The molecule has 1 atom stereocenters. The quantitative estimate of drug-likeness (QED) is 0.697. The van der Waals surface area contributed by atoms with Gasteiger partial charge in [0.15, 0.2) is 0 Å². The van der Waals surface area contributed by atoms with Crippen molar-refractivity contribution in [1.29, 1.82) is 0 Å². The number of rotatable bonds is 4. The Bertz CT molecular complexity index is 729. The van der Waals surface area contributed by atoms with Gasteiger partial charge in [-0.15, -0.1) is 0 Å². The summed E-state index contributed by atoms with van der Waals surface area (Å²) in [4.78, 5) is 0. The average Bonchev–Trinajstić information content (AvgIpc) is 2.48. The molecule has 0 fully saturated rings. The molecular formula is C18H16OS. The van der Waals surface area contributed by atoms with Crippen molar-refractivity contribution in [3.63, 3.8) is 0 Å². The lowest BCUT2D eigenvalue weighted by Crippen LogP contribution is -2.00. The van der Waals surface area contributed by atoms with Crippen LogP contribution in [0.3, 0.4) is 0 Å².